The summed E-state index contributed by atoms with van der Waals surface area (Å²) in [5.41, 5.74) is 6.34. The Hall–Kier alpha value is -1.59. The van der Waals surface area contributed by atoms with Gasteiger partial charge in [-0.3, -0.25) is 4.79 Å². The molecule has 0 aliphatic rings. The van der Waals surface area contributed by atoms with Crippen LogP contribution in [0.1, 0.15) is 26.2 Å². The van der Waals surface area contributed by atoms with Crippen LogP contribution in [0.5, 0.6) is 5.75 Å². The highest BCUT2D eigenvalue weighted by molar-refractivity contribution is 5.92. The summed E-state index contributed by atoms with van der Waals surface area (Å²) in [6.45, 7) is 3.10. The number of rotatable bonds is 9. The van der Waals surface area contributed by atoms with Gasteiger partial charge in [-0.25, -0.2) is 0 Å². The molecule has 0 saturated heterocycles. The summed E-state index contributed by atoms with van der Waals surface area (Å²) in [4.78, 5) is 11.8. The van der Waals surface area contributed by atoms with E-state index in [0.717, 1.165) is 6.42 Å². The Morgan fingerprint density at radius 3 is 2.80 bits per heavy atom. The number of hydrogen-bond donors (Lipinski definition) is 2. The van der Waals surface area contributed by atoms with E-state index in [1.807, 2.05) is 31.2 Å². The number of nitrogens with one attached hydrogen (secondary N) is 1. The molecule has 1 aromatic carbocycles. The first-order valence-corrected chi connectivity index (χ1v) is 6.89. The van der Waals surface area contributed by atoms with Crippen LogP contribution in [0.2, 0.25) is 0 Å². The third kappa shape index (κ3) is 6.54. The molecule has 20 heavy (non-hydrogen) atoms. The second-order valence-electron chi connectivity index (χ2n) is 4.76. The van der Waals surface area contributed by atoms with Gasteiger partial charge in [0.2, 0.25) is 5.91 Å². The second kappa shape index (κ2) is 9.34. The lowest BCUT2D eigenvalue weighted by Crippen LogP contribution is -2.19. The molecule has 3 N–H and O–H groups in total. The van der Waals surface area contributed by atoms with E-state index in [9.17, 15) is 4.79 Å². The van der Waals surface area contributed by atoms with E-state index in [4.69, 9.17) is 15.2 Å². The zero-order valence-corrected chi connectivity index (χ0v) is 12.2. The Morgan fingerprint density at radius 1 is 1.35 bits per heavy atom. The topological polar surface area (TPSA) is 73.6 Å². The number of carbonyl (C=O) groups excluding carboxylic acids is 1. The largest absolute Gasteiger partial charge is 0.491 e. The maximum absolute atomic E-state index is 11.8. The lowest BCUT2D eigenvalue weighted by atomic mass is 10.2. The number of carbonyl (C=O) groups is 1. The summed E-state index contributed by atoms with van der Waals surface area (Å²) in [5.74, 6) is 0.632. The molecule has 0 heterocycles. The molecular formula is C15H24N2O3. The second-order valence-corrected chi connectivity index (χ2v) is 4.76. The molecule has 0 aliphatic heterocycles. The van der Waals surface area contributed by atoms with Gasteiger partial charge in [0.25, 0.3) is 0 Å². The molecule has 0 bridgehead atoms. The highest BCUT2D eigenvalue weighted by Crippen LogP contribution is 2.24. The summed E-state index contributed by atoms with van der Waals surface area (Å²) in [6.07, 6.45) is 1.89. The van der Waals surface area contributed by atoms with Crippen molar-refractivity contribution in [1.29, 1.82) is 0 Å². The molecule has 0 radical (unpaired) electrons. The van der Waals surface area contributed by atoms with Gasteiger partial charge in [0, 0.05) is 32.6 Å². The summed E-state index contributed by atoms with van der Waals surface area (Å²) < 4.78 is 10.6. The Balaban J connectivity index is 2.49. The zero-order valence-electron chi connectivity index (χ0n) is 12.2. The molecule has 1 unspecified atom stereocenters. The van der Waals surface area contributed by atoms with Gasteiger partial charge in [-0.1, -0.05) is 12.1 Å². The first-order valence-electron chi connectivity index (χ1n) is 6.89. The number of benzene rings is 1. The average Bonchev–Trinajstić information content (AvgIpc) is 2.43. The number of ether oxygens (including phenoxy) is 2. The van der Waals surface area contributed by atoms with Gasteiger partial charge >= 0.3 is 0 Å². The predicted octanol–water partition coefficient (Wildman–Crippen LogP) is 2.17. The quantitative estimate of drug-likeness (QED) is 0.680. The van der Waals surface area contributed by atoms with E-state index in [0.29, 0.717) is 37.5 Å². The standard InChI is InChI=1S/C15H24N2O3/c1-12(16)8-9-15(18)17-13-6-3-4-7-14(13)20-11-5-10-19-2/h3-4,6-7,12H,5,8-11,16H2,1-2H3,(H,17,18). The van der Waals surface area contributed by atoms with Crippen LogP contribution in [-0.4, -0.2) is 32.3 Å². The summed E-state index contributed by atoms with van der Waals surface area (Å²) in [7, 11) is 1.66. The number of methoxy groups -OCH3 is 1. The van der Waals surface area contributed by atoms with E-state index in [1.165, 1.54) is 0 Å². The fourth-order valence-electron chi connectivity index (χ4n) is 1.65. The monoisotopic (exact) mass is 280 g/mol. The van der Waals surface area contributed by atoms with Crippen molar-refractivity contribution in [3.05, 3.63) is 24.3 Å². The average molecular weight is 280 g/mol. The van der Waals surface area contributed by atoms with Crippen molar-refractivity contribution in [3.8, 4) is 5.75 Å². The Bertz CT molecular complexity index is 408. The molecular weight excluding hydrogens is 256 g/mol. The van der Waals surface area contributed by atoms with Crippen LogP contribution >= 0.6 is 0 Å². The number of para-hydroxylation sites is 2. The van der Waals surface area contributed by atoms with Gasteiger partial charge in [0.15, 0.2) is 0 Å². The molecule has 1 amide bonds. The SMILES string of the molecule is COCCCOc1ccccc1NC(=O)CCC(C)N. The molecule has 0 aliphatic carbocycles. The van der Waals surface area contributed by atoms with Gasteiger partial charge in [-0.05, 0) is 25.5 Å². The van der Waals surface area contributed by atoms with E-state index in [-0.39, 0.29) is 11.9 Å². The molecule has 5 nitrogen and oxygen atoms in total. The zero-order chi connectivity index (χ0) is 14.8. The minimum Gasteiger partial charge on any atom is -0.491 e. The van der Waals surface area contributed by atoms with Gasteiger partial charge < -0.3 is 20.5 Å². The lowest BCUT2D eigenvalue weighted by Gasteiger charge is -2.12. The van der Waals surface area contributed by atoms with Crippen LogP contribution in [0.3, 0.4) is 0 Å². The molecule has 1 aromatic rings. The number of amides is 1. The van der Waals surface area contributed by atoms with Crippen molar-refractivity contribution >= 4 is 11.6 Å². The van der Waals surface area contributed by atoms with Gasteiger partial charge in [0.1, 0.15) is 5.75 Å². The molecule has 0 spiro atoms. The normalized spacial score (nSPS) is 11.9. The molecule has 0 saturated carbocycles. The fourth-order valence-corrected chi connectivity index (χ4v) is 1.65. The Labute approximate surface area is 120 Å². The van der Waals surface area contributed by atoms with Crippen molar-refractivity contribution in [2.45, 2.75) is 32.2 Å². The van der Waals surface area contributed by atoms with Crippen molar-refractivity contribution in [1.82, 2.24) is 0 Å². The molecule has 1 atom stereocenters. The molecule has 0 fully saturated rings. The minimum atomic E-state index is -0.0461. The van der Waals surface area contributed by atoms with E-state index in [1.54, 1.807) is 7.11 Å². The van der Waals surface area contributed by atoms with Gasteiger partial charge in [0.05, 0.1) is 12.3 Å². The summed E-state index contributed by atoms with van der Waals surface area (Å²) in [5, 5.41) is 2.86. The molecule has 1 rings (SSSR count). The van der Waals surface area contributed by atoms with Crippen molar-refractivity contribution < 1.29 is 14.3 Å². The van der Waals surface area contributed by atoms with Crippen molar-refractivity contribution in [3.63, 3.8) is 0 Å². The third-order valence-corrected chi connectivity index (χ3v) is 2.74. The van der Waals surface area contributed by atoms with Crippen LogP contribution in [0.25, 0.3) is 0 Å². The molecule has 112 valence electrons. The maximum Gasteiger partial charge on any atom is 0.224 e. The van der Waals surface area contributed by atoms with Crippen molar-refractivity contribution in [2.24, 2.45) is 5.73 Å². The van der Waals surface area contributed by atoms with Crippen LogP contribution < -0.4 is 15.8 Å². The summed E-state index contributed by atoms with van der Waals surface area (Å²) in [6, 6.07) is 7.44. The highest BCUT2D eigenvalue weighted by atomic mass is 16.5. The van der Waals surface area contributed by atoms with Gasteiger partial charge in [-0.15, -0.1) is 0 Å². The third-order valence-electron chi connectivity index (χ3n) is 2.74. The number of nitrogens with two attached hydrogens (primary N) is 1. The van der Waals surface area contributed by atoms with Gasteiger partial charge in [-0.2, -0.15) is 0 Å². The predicted molar refractivity (Wildman–Crippen MR) is 79.9 cm³/mol. The first-order chi connectivity index (χ1) is 9.63. The van der Waals surface area contributed by atoms with Crippen LogP contribution in [0.15, 0.2) is 24.3 Å². The number of hydrogen-bond acceptors (Lipinski definition) is 4. The van der Waals surface area contributed by atoms with E-state index in [2.05, 4.69) is 5.32 Å². The fraction of sp³-hybridized carbons (Fsp3) is 0.533. The van der Waals surface area contributed by atoms with E-state index >= 15 is 0 Å². The Morgan fingerprint density at radius 2 is 2.10 bits per heavy atom. The lowest BCUT2D eigenvalue weighted by molar-refractivity contribution is -0.116. The highest BCUT2D eigenvalue weighted by Gasteiger charge is 2.08. The maximum atomic E-state index is 11.8. The minimum absolute atomic E-state index is 0.0290. The first kappa shape index (κ1) is 16.5. The van der Waals surface area contributed by atoms with Crippen molar-refractivity contribution in [2.75, 3.05) is 25.6 Å². The summed E-state index contributed by atoms with van der Waals surface area (Å²) >= 11 is 0. The number of anilines is 1. The van der Waals surface area contributed by atoms with Crippen LogP contribution in [-0.2, 0) is 9.53 Å². The van der Waals surface area contributed by atoms with E-state index < -0.39 is 0 Å². The van der Waals surface area contributed by atoms with Crippen LogP contribution in [0, 0.1) is 0 Å². The smallest absolute Gasteiger partial charge is 0.224 e. The Kier molecular flexibility index (Phi) is 7.69. The van der Waals surface area contributed by atoms with Crippen LogP contribution in [0.4, 0.5) is 5.69 Å². The molecule has 5 heteroatoms. The molecule has 0 aromatic heterocycles.